The van der Waals surface area contributed by atoms with Crippen molar-refractivity contribution >= 4 is 11.5 Å². The number of nitrogens with zero attached hydrogens (tertiary/aromatic N) is 1. The summed E-state index contributed by atoms with van der Waals surface area (Å²) in [6.45, 7) is 3.15. The van der Waals surface area contributed by atoms with Gasteiger partial charge in [-0.05, 0) is 42.8 Å². The molecule has 0 radical (unpaired) electrons. The van der Waals surface area contributed by atoms with E-state index < -0.39 is 0 Å². The number of benzene rings is 1. The molecule has 0 bridgehead atoms. The Kier molecular flexibility index (Phi) is 4.15. The fraction of sp³-hybridized carbons (Fsp3) is 0.214. The van der Waals surface area contributed by atoms with Crippen LogP contribution in [0.1, 0.15) is 12.5 Å². The minimum Gasteiger partial charge on any atom is -0.494 e. The smallest absolute Gasteiger partial charge is 0.130 e. The zero-order valence-corrected chi connectivity index (χ0v) is 10.4. The maximum Gasteiger partial charge on any atom is 0.130 e. The monoisotopic (exact) mass is 243 g/mol. The molecule has 0 unspecified atom stereocenters. The number of aromatic nitrogens is 1. The Bertz CT molecular complexity index is 479. The van der Waals surface area contributed by atoms with Crippen LogP contribution in [0.3, 0.4) is 0 Å². The number of anilines is 2. The van der Waals surface area contributed by atoms with Crippen LogP contribution in [0.2, 0.25) is 0 Å². The summed E-state index contributed by atoms with van der Waals surface area (Å²) in [6, 6.07) is 11.7. The Labute approximate surface area is 107 Å². The molecule has 18 heavy (non-hydrogen) atoms. The zero-order valence-electron chi connectivity index (χ0n) is 10.4. The molecule has 0 saturated heterocycles. The molecule has 1 aromatic heterocycles. The first-order chi connectivity index (χ1) is 8.81. The number of nitrogens with one attached hydrogen (secondary N) is 1. The molecule has 0 spiro atoms. The van der Waals surface area contributed by atoms with Gasteiger partial charge in [0, 0.05) is 18.4 Å². The van der Waals surface area contributed by atoms with Crippen LogP contribution >= 0.6 is 0 Å². The number of hydrogen-bond acceptors (Lipinski definition) is 4. The van der Waals surface area contributed by atoms with Crippen molar-refractivity contribution in [3.63, 3.8) is 0 Å². The highest BCUT2D eigenvalue weighted by Crippen LogP contribution is 2.18. The third kappa shape index (κ3) is 3.21. The summed E-state index contributed by atoms with van der Waals surface area (Å²) >= 11 is 0. The first-order valence-corrected chi connectivity index (χ1v) is 5.96. The molecule has 2 rings (SSSR count). The predicted molar refractivity (Wildman–Crippen MR) is 73.0 cm³/mol. The Hall–Kier alpha value is -2.07. The lowest BCUT2D eigenvalue weighted by atomic mass is 10.2. The second-order valence-electron chi connectivity index (χ2n) is 3.84. The lowest BCUT2D eigenvalue weighted by Crippen LogP contribution is -1.99. The average Bonchev–Trinajstić information content (AvgIpc) is 2.42. The van der Waals surface area contributed by atoms with E-state index in [1.54, 1.807) is 6.20 Å². The molecule has 0 saturated carbocycles. The number of hydrogen-bond donors (Lipinski definition) is 2. The van der Waals surface area contributed by atoms with Gasteiger partial charge in [0.15, 0.2) is 0 Å². The van der Waals surface area contributed by atoms with E-state index in [0.29, 0.717) is 13.2 Å². The Morgan fingerprint density at radius 1 is 1.17 bits per heavy atom. The summed E-state index contributed by atoms with van der Waals surface area (Å²) in [5, 5.41) is 3.22. The first kappa shape index (κ1) is 12.4. The SMILES string of the molecule is CCOc1ccc(Nc2ccc(CN)cn2)cc1. The van der Waals surface area contributed by atoms with E-state index in [9.17, 15) is 0 Å². The van der Waals surface area contributed by atoms with Crippen molar-refractivity contribution in [2.45, 2.75) is 13.5 Å². The van der Waals surface area contributed by atoms with Crippen LogP contribution in [-0.4, -0.2) is 11.6 Å². The highest BCUT2D eigenvalue weighted by Gasteiger charge is 1.97. The second-order valence-corrected chi connectivity index (χ2v) is 3.84. The van der Waals surface area contributed by atoms with Crippen molar-refractivity contribution in [2.75, 3.05) is 11.9 Å². The van der Waals surface area contributed by atoms with Crippen LogP contribution < -0.4 is 15.8 Å². The maximum atomic E-state index is 5.52. The molecule has 3 N–H and O–H groups in total. The molecule has 0 aliphatic carbocycles. The van der Waals surface area contributed by atoms with Crippen molar-refractivity contribution in [3.05, 3.63) is 48.2 Å². The number of pyridine rings is 1. The molecule has 1 aromatic carbocycles. The average molecular weight is 243 g/mol. The Balaban J connectivity index is 2.03. The molecule has 0 fully saturated rings. The van der Waals surface area contributed by atoms with Crippen LogP contribution in [0.5, 0.6) is 5.75 Å². The summed E-state index contributed by atoms with van der Waals surface area (Å²) in [5.41, 5.74) is 7.52. The number of ether oxygens (including phenoxy) is 1. The highest BCUT2D eigenvalue weighted by molar-refractivity contribution is 5.57. The third-order valence-corrected chi connectivity index (χ3v) is 2.50. The van der Waals surface area contributed by atoms with E-state index in [4.69, 9.17) is 10.5 Å². The number of nitrogens with two attached hydrogens (primary N) is 1. The Morgan fingerprint density at radius 2 is 1.94 bits per heavy atom. The van der Waals surface area contributed by atoms with Gasteiger partial charge in [0.05, 0.1) is 6.61 Å². The van der Waals surface area contributed by atoms with Crippen LogP contribution in [0.4, 0.5) is 11.5 Å². The van der Waals surface area contributed by atoms with Gasteiger partial charge in [-0.2, -0.15) is 0 Å². The topological polar surface area (TPSA) is 60.2 Å². The van der Waals surface area contributed by atoms with E-state index >= 15 is 0 Å². The summed E-state index contributed by atoms with van der Waals surface area (Å²) in [5.74, 6) is 1.67. The molecule has 0 aliphatic rings. The Morgan fingerprint density at radius 3 is 2.50 bits per heavy atom. The lowest BCUT2D eigenvalue weighted by molar-refractivity contribution is 0.340. The molecule has 0 amide bonds. The van der Waals surface area contributed by atoms with E-state index in [1.165, 1.54) is 0 Å². The molecular weight excluding hydrogens is 226 g/mol. The van der Waals surface area contributed by atoms with E-state index in [1.807, 2.05) is 43.3 Å². The molecule has 4 heteroatoms. The van der Waals surface area contributed by atoms with Crippen molar-refractivity contribution in [3.8, 4) is 5.75 Å². The fourth-order valence-electron chi connectivity index (χ4n) is 1.57. The first-order valence-electron chi connectivity index (χ1n) is 5.96. The molecule has 0 aliphatic heterocycles. The van der Waals surface area contributed by atoms with Gasteiger partial charge in [-0.1, -0.05) is 6.07 Å². The van der Waals surface area contributed by atoms with Gasteiger partial charge in [-0.3, -0.25) is 0 Å². The summed E-state index contributed by atoms with van der Waals surface area (Å²) in [4.78, 5) is 4.28. The normalized spacial score (nSPS) is 10.1. The largest absolute Gasteiger partial charge is 0.494 e. The van der Waals surface area contributed by atoms with Gasteiger partial charge >= 0.3 is 0 Å². The van der Waals surface area contributed by atoms with Gasteiger partial charge in [0.2, 0.25) is 0 Å². The van der Waals surface area contributed by atoms with E-state index in [-0.39, 0.29) is 0 Å². The van der Waals surface area contributed by atoms with E-state index in [0.717, 1.165) is 22.8 Å². The maximum absolute atomic E-state index is 5.52. The minimum atomic E-state index is 0.510. The third-order valence-electron chi connectivity index (χ3n) is 2.50. The van der Waals surface area contributed by atoms with E-state index in [2.05, 4.69) is 10.3 Å². The standard InChI is InChI=1S/C14H17N3O/c1-2-18-13-6-4-12(5-7-13)17-14-8-3-11(9-15)10-16-14/h3-8,10H,2,9,15H2,1H3,(H,16,17). The minimum absolute atomic E-state index is 0.510. The van der Waals surface area contributed by atoms with Gasteiger partial charge in [-0.15, -0.1) is 0 Å². The summed E-state index contributed by atoms with van der Waals surface area (Å²) in [7, 11) is 0. The van der Waals surface area contributed by atoms with Gasteiger partial charge in [0.1, 0.15) is 11.6 Å². The van der Waals surface area contributed by atoms with Crippen LogP contribution in [-0.2, 0) is 6.54 Å². The molecule has 0 atom stereocenters. The summed E-state index contributed by atoms with van der Waals surface area (Å²) in [6.07, 6.45) is 1.77. The lowest BCUT2D eigenvalue weighted by Gasteiger charge is -2.07. The molecule has 2 aromatic rings. The van der Waals surface area contributed by atoms with Crippen molar-refractivity contribution in [2.24, 2.45) is 5.73 Å². The summed E-state index contributed by atoms with van der Waals surface area (Å²) < 4.78 is 5.38. The van der Waals surface area contributed by atoms with Crippen LogP contribution in [0.25, 0.3) is 0 Å². The fourth-order valence-corrected chi connectivity index (χ4v) is 1.57. The van der Waals surface area contributed by atoms with Crippen molar-refractivity contribution in [1.82, 2.24) is 4.98 Å². The zero-order chi connectivity index (χ0) is 12.8. The number of rotatable bonds is 5. The van der Waals surface area contributed by atoms with Crippen LogP contribution in [0.15, 0.2) is 42.6 Å². The van der Waals surface area contributed by atoms with Gasteiger partial charge < -0.3 is 15.8 Å². The van der Waals surface area contributed by atoms with Crippen molar-refractivity contribution < 1.29 is 4.74 Å². The molecule has 1 heterocycles. The molecular formula is C14H17N3O. The van der Waals surface area contributed by atoms with Gasteiger partial charge in [0.25, 0.3) is 0 Å². The molecule has 4 nitrogen and oxygen atoms in total. The molecule has 94 valence electrons. The quantitative estimate of drug-likeness (QED) is 0.847. The predicted octanol–water partition coefficient (Wildman–Crippen LogP) is 2.68. The highest BCUT2D eigenvalue weighted by atomic mass is 16.5. The second kappa shape index (κ2) is 6.02. The van der Waals surface area contributed by atoms with Gasteiger partial charge in [-0.25, -0.2) is 4.98 Å². The van der Waals surface area contributed by atoms with Crippen LogP contribution in [0, 0.1) is 0 Å². The van der Waals surface area contributed by atoms with Crippen molar-refractivity contribution in [1.29, 1.82) is 0 Å².